The van der Waals surface area contributed by atoms with Crippen LogP contribution in [0.4, 0.5) is 0 Å². The van der Waals surface area contributed by atoms with Crippen LogP contribution in [-0.2, 0) is 20.5 Å². The van der Waals surface area contributed by atoms with Gasteiger partial charge in [-0.2, -0.15) is 0 Å². The lowest BCUT2D eigenvalue weighted by molar-refractivity contribution is 0.143. The van der Waals surface area contributed by atoms with Crippen molar-refractivity contribution in [2.24, 2.45) is 0 Å². The number of allylic oxidation sites excluding steroid dienone is 2. The third-order valence-corrected chi connectivity index (χ3v) is 5.83. The third-order valence-electron chi connectivity index (χ3n) is 4.22. The van der Waals surface area contributed by atoms with E-state index in [1.807, 2.05) is 18.2 Å². The fourth-order valence-corrected chi connectivity index (χ4v) is 4.00. The topological polar surface area (TPSA) is 85.6 Å². The summed E-state index contributed by atoms with van der Waals surface area (Å²) in [5.41, 5.74) is 1.17. The SMILES string of the molecule is COC1C=CC(c2ccc(S(=O)(=O)Cn3cccc(O)c3=O)cc2)=CC1. The summed E-state index contributed by atoms with van der Waals surface area (Å²) in [6, 6.07) is 9.17. The molecule has 3 rings (SSSR count). The van der Waals surface area contributed by atoms with E-state index in [1.165, 1.54) is 30.5 Å². The molecule has 1 aliphatic rings. The number of aromatic nitrogens is 1. The van der Waals surface area contributed by atoms with E-state index in [2.05, 4.69) is 0 Å². The highest BCUT2D eigenvalue weighted by molar-refractivity contribution is 7.90. The van der Waals surface area contributed by atoms with E-state index < -0.39 is 27.0 Å². The molecule has 0 saturated carbocycles. The zero-order valence-electron chi connectivity index (χ0n) is 14.2. The molecule has 1 N–H and O–H groups in total. The van der Waals surface area contributed by atoms with Crippen LogP contribution in [0.25, 0.3) is 5.57 Å². The van der Waals surface area contributed by atoms with Crippen molar-refractivity contribution < 1.29 is 18.3 Å². The van der Waals surface area contributed by atoms with Gasteiger partial charge in [0.05, 0.1) is 11.0 Å². The molecular weight excluding hydrogens is 354 g/mol. The number of hydrogen-bond donors (Lipinski definition) is 1. The lowest BCUT2D eigenvalue weighted by atomic mass is 9.98. The van der Waals surface area contributed by atoms with Gasteiger partial charge in [0.1, 0.15) is 5.88 Å². The fraction of sp³-hybridized carbons (Fsp3) is 0.211. The van der Waals surface area contributed by atoms with Crippen LogP contribution in [0.2, 0.25) is 0 Å². The maximum Gasteiger partial charge on any atom is 0.293 e. The molecule has 1 heterocycles. The highest BCUT2D eigenvalue weighted by atomic mass is 32.2. The lowest BCUT2D eigenvalue weighted by Crippen LogP contribution is -2.23. The molecule has 136 valence electrons. The molecule has 1 aromatic carbocycles. The van der Waals surface area contributed by atoms with Crippen LogP contribution in [-0.4, -0.2) is 31.3 Å². The zero-order valence-corrected chi connectivity index (χ0v) is 15.0. The molecule has 0 radical (unpaired) electrons. The first kappa shape index (κ1) is 18.2. The molecule has 0 fully saturated rings. The van der Waals surface area contributed by atoms with Crippen LogP contribution >= 0.6 is 0 Å². The molecule has 7 heteroatoms. The lowest BCUT2D eigenvalue weighted by Gasteiger charge is -2.15. The fourth-order valence-electron chi connectivity index (χ4n) is 2.73. The standard InChI is InChI=1S/C19H19NO5S/c1-25-16-8-4-14(5-9-16)15-6-10-17(11-7-15)26(23,24)13-20-12-2-3-18(21)19(20)22/h2-8,10-12,16,21H,9,13H2,1H3. The van der Waals surface area contributed by atoms with E-state index >= 15 is 0 Å². The van der Waals surface area contributed by atoms with E-state index in [4.69, 9.17) is 4.74 Å². The smallest absolute Gasteiger partial charge is 0.293 e. The second-order valence-electron chi connectivity index (χ2n) is 5.97. The third kappa shape index (κ3) is 3.79. The van der Waals surface area contributed by atoms with Gasteiger partial charge in [-0.15, -0.1) is 0 Å². The van der Waals surface area contributed by atoms with E-state index in [-0.39, 0.29) is 11.0 Å². The summed E-state index contributed by atoms with van der Waals surface area (Å²) in [6.45, 7) is 0. The van der Waals surface area contributed by atoms with Gasteiger partial charge < -0.3 is 9.84 Å². The normalized spacial score (nSPS) is 17.1. The van der Waals surface area contributed by atoms with Crippen molar-refractivity contribution in [2.45, 2.75) is 23.3 Å². The average Bonchev–Trinajstić information content (AvgIpc) is 2.65. The minimum absolute atomic E-state index is 0.0685. The van der Waals surface area contributed by atoms with Crippen molar-refractivity contribution in [3.8, 4) is 5.75 Å². The monoisotopic (exact) mass is 373 g/mol. The number of ether oxygens (including phenoxy) is 1. The molecule has 1 aliphatic carbocycles. The molecule has 0 aliphatic heterocycles. The molecule has 1 aromatic heterocycles. The largest absolute Gasteiger partial charge is 0.503 e. The first-order valence-electron chi connectivity index (χ1n) is 8.03. The number of sulfone groups is 1. The van der Waals surface area contributed by atoms with E-state index in [0.717, 1.165) is 22.1 Å². The molecule has 2 aromatic rings. The van der Waals surface area contributed by atoms with Gasteiger partial charge >= 0.3 is 0 Å². The summed E-state index contributed by atoms with van der Waals surface area (Å²) in [6.07, 6.45) is 8.13. The molecule has 0 spiro atoms. The van der Waals surface area contributed by atoms with Crippen LogP contribution in [0.3, 0.4) is 0 Å². The molecule has 6 nitrogen and oxygen atoms in total. The summed E-state index contributed by atoms with van der Waals surface area (Å²) >= 11 is 0. The van der Waals surface area contributed by atoms with Crippen LogP contribution in [0, 0.1) is 0 Å². The number of hydrogen-bond acceptors (Lipinski definition) is 5. The summed E-state index contributed by atoms with van der Waals surface area (Å²) in [4.78, 5) is 11.9. The molecule has 1 unspecified atom stereocenters. The number of methoxy groups -OCH3 is 1. The van der Waals surface area contributed by atoms with Gasteiger partial charge in [0.25, 0.3) is 5.56 Å². The summed E-state index contributed by atoms with van der Waals surface area (Å²) < 4.78 is 31.3. The highest BCUT2D eigenvalue weighted by Crippen LogP contribution is 2.24. The number of nitrogens with zero attached hydrogens (tertiary/aromatic N) is 1. The van der Waals surface area contributed by atoms with Gasteiger partial charge in [-0.3, -0.25) is 9.36 Å². The predicted octanol–water partition coefficient (Wildman–Crippen LogP) is 2.34. The Balaban J connectivity index is 1.82. The Bertz CT molecular complexity index is 1020. The van der Waals surface area contributed by atoms with Crippen LogP contribution in [0.1, 0.15) is 12.0 Å². The number of aromatic hydroxyl groups is 1. The van der Waals surface area contributed by atoms with Crippen LogP contribution < -0.4 is 5.56 Å². The molecule has 0 amide bonds. The maximum atomic E-state index is 12.5. The Hall–Kier alpha value is -2.64. The van der Waals surface area contributed by atoms with Gasteiger partial charge in [0.2, 0.25) is 0 Å². The van der Waals surface area contributed by atoms with Crippen molar-refractivity contribution in [3.63, 3.8) is 0 Å². The average molecular weight is 373 g/mol. The molecule has 0 saturated heterocycles. The van der Waals surface area contributed by atoms with Gasteiger partial charge in [0.15, 0.2) is 15.6 Å². The molecule has 26 heavy (non-hydrogen) atoms. The highest BCUT2D eigenvalue weighted by Gasteiger charge is 2.17. The second kappa shape index (κ2) is 7.31. The maximum absolute atomic E-state index is 12.5. The quantitative estimate of drug-likeness (QED) is 0.869. The van der Waals surface area contributed by atoms with Crippen molar-refractivity contribution in [1.82, 2.24) is 4.57 Å². The van der Waals surface area contributed by atoms with E-state index in [9.17, 15) is 18.3 Å². The Labute approximate surface area is 151 Å². The van der Waals surface area contributed by atoms with E-state index in [0.29, 0.717) is 0 Å². The van der Waals surface area contributed by atoms with Crippen molar-refractivity contribution in [1.29, 1.82) is 0 Å². The Morgan fingerprint density at radius 1 is 1.23 bits per heavy atom. The Morgan fingerprint density at radius 2 is 1.96 bits per heavy atom. The Kier molecular flexibility index (Phi) is 5.11. The minimum atomic E-state index is -3.72. The summed E-state index contributed by atoms with van der Waals surface area (Å²) in [5, 5.41) is 9.43. The molecule has 0 bridgehead atoms. The second-order valence-corrected chi connectivity index (χ2v) is 7.92. The predicted molar refractivity (Wildman–Crippen MR) is 98.5 cm³/mol. The van der Waals surface area contributed by atoms with Gasteiger partial charge in [-0.25, -0.2) is 8.42 Å². The van der Waals surface area contributed by atoms with Gasteiger partial charge in [0, 0.05) is 13.3 Å². The van der Waals surface area contributed by atoms with E-state index in [1.54, 1.807) is 19.2 Å². The number of pyridine rings is 1. The zero-order chi connectivity index (χ0) is 18.7. The first-order valence-corrected chi connectivity index (χ1v) is 9.69. The first-order chi connectivity index (χ1) is 12.4. The van der Waals surface area contributed by atoms with Crippen LogP contribution in [0.5, 0.6) is 5.75 Å². The van der Waals surface area contributed by atoms with Crippen molar-refractivity contribution in [2.75, 3.05) is 7.11 Å². The van der Waals surface area contributed by atoms with Crippen molar-refractivity contribution >= 4 is 15.4 Å². The summed E-state index contributed by atoms with van der Waals surface area (Å²) in [7, 11) is -2.06. The van der Waals surface area contributed by atoms with Gasteiger partial charge in [-0.1, -0.05) is 30.4 Å². The van der Waals surface area contributed by atoms with Crippen LogP contribution in [0.15, 0.2) is 70.5 Å². The van der Waals surface area contributed by atoms with Crippen molar-refractivity contribution in [3.05, 3.63) is 76.7 Å². The van der Waals surface area contributed by atoms with Gasteiger partial charge in [-0.05, 0) is 41.8 Å². The number of benzene rings is 1. The molecular formula is C19H19NO5S. The summed E-state index contributed by atoms with van der Waals surface area (Å²) in [5.74, 6) is -1.01. The number of rotatable bonds is 5. The minimum Gasteiger partial charge on any atom is -0.503 e. The molecule has 1 atom stereocenters. The Morgan fingerprint density at radius 3 is 2.58 bits per heavy atom.